The molecule has 1 amide bonds. The molecule has 0 bridgehead atoms. The van der Waals surface area contributed by atoms with E-state index < -0.39 is 23.0 Å². The van der Waals surface area contributed by atoms with Crippen molar-refractivity contribution in [2.45, 2.75) is 50.1 Å². The summed E-state index contributed by atoms with van der Waals surface area (Å²) < 4.78 is 5.55. The Kier molecular flexibility index (Phi) is 5.69. The zero-order valence-corrected chi connectivity index (χ0v) is 18.0. The average molecular weight is 424 g/mol. The largest absolute Gasteiger partial charge is 0.453 e. The summed E-state index contributed by atoms with van der Waals surface area (Å²) in [4.78, 5) is 39.5. The van der Waals surface area contributed by atoms with Crippen molar-refractivity contribution in [3.8, 4) is 0 Å². The number of nitrogens with zero attached hydrogens (tertiary/aromatic N) is 1. The molecule has 0 radical (unpaired) electrons. The molecule has 2 aromatic rings. The van der Waals surface area contributed by atoms with Gasteiger partial charge in [-0.05, 0) is 30.9 Å². The molecule has 2 aromatic carbocycles. The fourth-order valence-electron chi connectivity index (χ4n) is 4.26. The van der Waals surface area contributed by atoms with Crippen molar-refractivity contribution >= 4 is 29.4 Å². The number of fused-ring (bicyclic) bond motifs is 1. The monoisotopic (exact) mass is 423 g/mol. The number of rotatable bonds is 6. The first kappa shape index (κ1) is 20.7. The zero-order chi connectivity index (χ0) is 21.3. The molecule has 0 aromatic heterocycles. The van der Waals surface area contributed by atoms with Crippen LogP contribution in [0.15, 0.2) is 54.6 Å². The van der Waals surface area contributed by atoms with Gasteiger partial charge in [0, 0.05) is 17.7 Å². The number of hydrogen-bond donors (Lipinski definition) is 0. The number of amides is 1. The first-order valence-corrected chi connectivity index (χ1v) is 11.3. The van der Waals surface area contributed by atoms with Gasteiger partial charge in [-0.3, -0.25) is 9.59 Å². The Balaban J connectivity index is 1.49. The fraction of sp³-hybridized carbons (Fsp3) is 0.375. The van der Waals surface area contributed by atoms with Crippen LogP contribution in [0.25, 0.3) is 0 Å². The number of carbonyl (C=O) groups excluding carboxylic acids is 3. The van der Waals surface area contributed by atoms with E-state index in [-0.39, 0.29) is 11.7 Å². The van der Waals surface area contributed by atoms with E-state index in [2.05, 4.69) is 6.92 Å². The number of aryl methyl sites for hydroxylation is 1. The van der Waals surface area contributed by atoms with Crippen LogP contribution in [0.5, 0.6) is 0 Å². The van der Waals surface area contributed by atoms with E-state index in [1.54, 1.807) is 35.7 Å². The highest BCUT2D eigenvalue weighted by atomic mass is 32.2. The van der Waals surface area contributed by atoms with E-state index in [9.17, 15) is 14.4 Å². The van der Waals surface area contributed by atoms with E-state index in [4.69, 9.17) is 4.74 Å². The number of carbonyl (C=O) groups is 3. The number of ketones is 1. The highest BCUT2D eigenvalue weighted by Gasteiger charge is 2.57. The maximum absolute atomic E-state index is 13.0. The van der Waals surface area contributed by atoms with Gasteiger partial charge in [0.2, 0.25) is 11.7 Å². The van der Waals surface area contributed by atoms with Crippen molar-refractivity contribution < 1.29 is 19.1 Å². The topological polar surface area (TPSA) is 63.7 Å². The van der Waals surface area contributed by atoms with Crippen LogP contribution in [-0.4, -0.2) is 40.5 Å². The second-order valence-electron chi connectivity index (χ2n) is 7.73. The summed E-state index contributed by atoms with van der Waals surface area (Å²) in [5.41, 5.74) is 2.68. The highest BCUT2D eigenvalue weighted by molar-refractivity contribution is 8.00. The van der Waals surface area contributed by atoms with E-state index in [0.29, 0.717) is 24.2 Å². The quantitative estimate of drug-likeness (QED) is 0.520. The summed E-state index contributed by atoms with van der Waals surface area (Å²) in [6.07, 6.45) is 1.07. The van der Waals surface area contributed by atoms with Gasteiger partial charge in [-0.15, -0.1) is 11.8 Å². The molecule has 0 unspecified atom stereocenters. The maximum Gasteiger partial charge on any atom is 0.330 e. The van der Waals surface area contributed by atoms with Crippen LogP contribution in [0.3, 0.4) is 0 Å². The van der Waals surface area contributed by atoms with Gasteiger partial charge < -0.3 is 9.64 Å². The van der Waals surface area contributed by atoms with Gasteiger partial charge in [-0.2, -0.15) is 0 Å². The van der Waals surface area contributed by atoms with Crippen LogP contribution in [0.2, 0.25) is 0 Å². The molecular weight excluding hydrogens is 398 g/mol. The van der Waals surface area contributed by atoms with Crippen LogP contribution in [0, 0.1) is 0 Å². The summed E-state index contributed by atoms with van der Waals surface area (Å²) in [6.45, 7) is 3.64. The SMILES string of the molecule is CCc1ccc(C(=O)[C@H](C)OC(=O)[C@H]2CS[C@@]3(c4ccccc4)CCC(=O)N23)cc1. The maximum atomic E-state index is 13.0. The molecule has 0 N–H and O–H groups in total. The van der Waals surface area contributed by atoms with E-state index in [0.717, 1.165) is 17.5 Å². The molecule has 0 saturated carbocycles. The fourth-order valence-corrected chi connectivity index (χ4v) is 5.90. The van der Waals surface area contributed by atoms with E-state index in [1.807, 2.05) is 42.5 Å². The minimum atomic E-state index is -0.903. The standard InChI is InChI=1S/C24H25NO4S/c1-3-17-9-11-18(12-10-17)22(27)16(2)29-23(28)20-15-30-24(14-13-21(26)25(20)24)19-7-5-4-6-8-19/h4-12,16,20H,3,13-15H2,1-2H3/t16-,20+,24+/m0/s1. The Labute approximate surface area is 180 Å². The summed E-state index contributed by atoms with van der Waals surface area (Å²) in [7, 11) is 0. The minimum Gasteiger partial charge on any atom is -0.453 e. The second kappa shape index (κ2) is 8.26. The predicted molar refractivity (Wildman–Crippen MR) is 116 cm³/mol. The lowest BCUT2D eigenvalue weighted by Gasteiger charge is -2.33. The Bertz CT molecular complexity index is 959. The molecule has 2 heterocycles. The third-order valence-electron chi connectivity index (χ3n) is 5.93. The predicted octanol–water partition coefficient (Wildman–Crippen LogP) is 3.95. The lowest BCUT2D eigenvalue weighted by molar-refractivity contribution is -0.156. The van der Waals surface area contributed by atoms with Gasteiger partial charge in [0.15, 0.2) is 6.10 Å². The van der Waals surface area contributed by atoms with Gasteiger partial charge in [-0.1, -0.05) is 61.5 Å². The van der Waals surface area contributed by atoms with Crippen LogP contribution in [0.4, 0.5) is 0 Å². The van der Waals surface area contributed by atoms with Gasteiger partial charge in [0.25, 0.3) is 0 Å². The molecule has 2 aliphatic rings. The van der Waals surface area contributed by atoms with E-state index in [1.165, 1.54) is 0 Å². The van der Waals surface area contributed by atoms with Crippen LogP contribution in [-0.2, 0) is 25.6 Å². The van der Waals surface area contributed by atoms with Crippen molar-refractivity contribution in [3.05, 3.63) is 71.3 Å². The number of Topliss-reactive ketones (excluding diaryl/α,β-unsaturated/α-hetero) is 1. The zero-order valence-electron chi connectivity index (χ0n) is 17.2. The molecule has 0 spiro atoms. The van der Waals surface area contributed by atoms with Crippen LogP contribution >= 0.6 is 11.8 Å². The summed E-state index contributed by atoms with van der Waals surface area (Å²) in [6, 6.07) is 16.5. The third-order valence-corrected chi connectivity index (χ3v) is 7.53. The molecule has 4 rings (SSSR count). The Morgan fingerprint density at radius 2 is 1.87 bits per heavy atom. The number of ether oxygens (including phenoxy) is 1. The first-order valence-electron chi connectivity index (χ1n) is 10.3. The number of benzene rings is 2. The first-order chi connectivity index (χ1) is 14.5. The molecule has 2 saturated heterocycles. The second-order valence-corrected chi connectivity index (χ2v) is 9.03. The van der Waals surface area contributed by atoms with Gasteiger partial charge in [0.1, 0.15) is 10.9 Å². The molecule has 30 heavy (non-hydrogen) atoms. The average Bonchev–Trinajstić information content (AvgIpc) is 3.33. The number of thioether (sulfide) groups is 1. The van der Waals surface area contributed by atoms with Gasteiger partial charge >= 0.3 is 5.97 Å². The molecule has 156 valence electrons. The smallest absolute Gasteiger partial charge is 0.330 e. The molecule has 5 nitrogen and oxygen atoms in total. The summed E-state index contributed by atoms with van der Waals surface area (Å²) in [5, 5.41) is 0. The van der Waals surface area contributed by atoms with Crippen molar-refractivity contribution in [2.75, 3.05) is 5.75 Å². The molecule has 3 atom stereocenters. The molecule has 6 heteroatoms. The highest BCUT2D eigenvalue weighted by Crippen LogP contribution is 2.54. The van der Waals surface area contributed by atoms with Gasteiger partial charge in [-0.25, -0.2) is 4.79 Å². The lowest BCUT2D eigenvalue weighted by atomic mass is 10.0. The Morgan fingerprint density at radius 3 is 2.53 bits per heavy atom. The number of esters is 1. The molecule has 2 fully saturated rings. The van der Waals surface area contributed by atoms with Crippen molar-refractivity contribution in [2.24, 2.45) is 0 Å². The molecule has 2 aliphatic heterocycles. The van der Waals surface area contributed by atoms with E-state index >= 15 is 0 Å². The normalized spacial score (nSPS) is 23.9. The van der Waals surface area contributed by atoms with Crippen LogP contribution in [0.1, 0.15) is 48.2 Å². The number of hydrogen-bond acceptors (Lipinski definition) is 5. The Hall–Kier alpha value is -2.60. The Morgan fingerprint density at radius 1 is 1.17 bits per heavy atom. The van der Waals surface area contributed by atoms with Crippen LogP contribution < -0.4 is 0 Å². The molecular formula is C24H25NO4S. The van der Waals surface area contributed by atoms with Gasteiger partial charge in [0.05, 0.1) is 0 Å². The van der Waals surface area contributed by atoms with Crippen molar-refractivity contribution in [1.29, 1.82) is 0 Å². The third kappa shape index (κ3) is 3.54. The van der Waals surface area contributed by atoms with Crippen molar-refractivity contribution in [3.63, 3.8) is 0 Å². The molecule has 0 aliphatic carbocycles. The summed E-state index contributed by atoms with van der Waals surface area (Å²) >= 11 is 1.61. The minimum absolute atomic E-state index is 0.0417. The summed E-state index contributed by atoms with van der Waals surface area (Å²) in [5.74, 6) is -0.328. The van der Waals surface area contributed by atoms with Crippen molar-refractivity contribution in [1.82, 2.24) is 4.90 Å². The lowest BCUT2D eigenvalue weighted by Crippen LogP contribution is -2.47.